The molecule has 9 nitrogen and oxygen atoms in total. The summed E-state index contributed by atoms with van der Waals surface area (Å²) in [6.07, 6.45) is 5.99. The van der Waals surface area contributed by atoms with Gasteiger partial charge in [-0.3, -0.25) is 4.79 Å². The highest BCUT2D eigenvalue weighted by Crippen LogP contribution is 2.34. The van der Waals surface area contributed by atoms with Crippen LogP contribution in [-0.2, 0) is 17.9 Å². The third kappa shape index (κ3) is 4.91. The zero-order chi connectivity index (χ0) is 28.6. The fourth-order valence-electron chi connectivity index (χ4n) is 5.95. The maximum atomic E-state index is 14.0. The number of aromatic nitrogens is 3. The Kier molecular flexibility index (Phi) is 6.89. The number of imidazole rings is 1. The summed E-state index contributed by atoms with van der Waals surface area (Å²) in [6.45, 7) is 6.13. The largest absolute Gasteiger partial charge is 0.454 e. The van der Waals surface area contributed by atoms with Gasteiger partial charge in [0, 0.05) is 50.7 Å². The molecule has 2 aliphatic rings. The van der Waals surface area contributed by atoms with E-state index in [0.717, 1.165) is 50.3 Å². The highest BCUT2D eigenvalue weighted by molar-refractivity contribution is 6.06. The Morgan fingerprint density at radius 1 is 0.905 bits per heavy atom. The van der Waals surface area contributed by atoms with E-state index in [1.807, 2.05) is 53.7 Å². The monoisotopic (exact) mass is 563 g/mol. The Hall–Kier alpha value is -4.60. The van der Waals surface area contributed by atoms with Gasteiger partial charge in [-0.05, 0) is 41.0 Å². The fourth-order valence-corrected chi connectivity index (χ4v) is 5.95. The molecule has 4 heterocycles. The fraction of sp³-hybridized carbons (Fsp3) is 0.273. The van der Waals surface area contributed by atoms with E-state index in [1.54, 1.807) is 7.11 Å². The molecule has 0 saturated carbocycles. The van der Waals surface area contributed by atoms with Gasteiger partial charge in [-0.15, -0.1) is 0 Å². The average Bonchev–Trinajstić information content (AvgIpc) is 3.76. The summed E-state index contributed by atoms with van der Waals surface area (Å²) in [5.74, 6) is 1.58. The summed E-state index contributed by atoms with van der Waals surface area (Å²) >= 11 is 0. The molecule has 1 amide bonds. The maximum Gasteiger partial charge on any atom is 0.256 e. The number of amides is 1. The van der Waals surface area contributed by atoms with Crippen LogP contribution in [0.3, 0.4) is 0 Å². The second-order valence-electron chi connectivity index (χ2n) is 10.8. The van der Waals surface area contributed by atoms with Crippen molar-refractivity contribution < 1.29 is 19.1 Å². The van der Waals surface area contributed by atoms with E-state index in [-0.39, 0.29) is 12.7 Å². The normalized spacial score (nSPS) is 15.0. The first-order valence-corrected chi connectivity index (χ1v) is 14.2. The third-order valence-corrected chi connectivity index (χ3v) is 8.25. The predicted molar refractivity (Wildman–Crippen MR) is 160 cm³/mol. The van der Waals surface area contributed by atoms with Crippen molar-refractivity contribution in [3.8, 4) is 22.6 Å². The number of carbonyl (C=O) groups excluding carboxylic acids is 1. The van der Waals surface area contributed by atoms with Crippen LogP contribution in [0.5, 0.6) is 11.5 Å². The van der Waals surface area contributed by atoms with E-state index in [0.29, 0.717) is 44.8 Å². The molecule has 7 rings (SSSR count). The van der Waals surface area contributed by atoms with Gasteiger partial charge in [-0.25, -0.2) is 4.98 Å². The molecule has 0 radical (unpaired) electrons. The maximum absolute atomic E-state index is 14.0. The molecule has 1 fully saturated rings. The molecule has 214 valence electrons. The van der Waals surface area contributed by atoms with Crippen LogP contribution in [0.1, 0.15) is 27.3 Å². The van der Waals surface area contributed by atoms with Crippen LogP contribution < -0.4 is 9.47 Å². The van der Waals surface area contributed by atoms with Gasteiger partial charge in [0.1, 0.15) is 0 Å². The minimum atomic E-state index is 0.0398. The highest BCUT2D eigenvalue weighted by Gasteiger charge is 2.26. The minimum absolute atomic E-state index is 0.0398. The summed E-state index contributed by atoms with van der Waals surface area (Å²) in [6, 6.07) is 20.6. The molecular formula is C33H33N5O4. The predicted octanol–water partition coefficient (Wildman–Crippen LogP) is 4.96. The molecule has 42 heavy (non-hydrogen) atoms. The van der Waals surface area contributed by atoms with Crippen molar-refractivity contribution in [2.75, 3.05) is 40.1 Å². The standard InChI is InChI=1S/C33H33N5O4/c1-23-30(37(21-34-23)17-24-10-11-31-32(16-24)42-22-41-31)20-35-18-28(27-9-5-7-25-6-3-4-8-26(25)27)29(19-35)33(39)36-12-14-38(40-2)15-13-36/h3-11,16,18-19,21H,12-15,17,20,22H2,1-2H3. The topological polar surface area (TPSA) is 74.0 Å². The van der Waals surface area contributed by atoms with Crippen LogP contribution in [-0.4, -0.2) is 70.1 Å². The number of aryl methyl sites for hydroxylation is 1. The molecule has 5 aromatic rings. The summed E-state index contributed by atoms with van der Waals surface area (Å²) in [5.41, 5.74) is 5.84. The summed E-state index contributed by atoms with van der Waals surface area (Å²) in [7, 11) is 1.68. The second-order valence-corrected chi connectivity index (χ2v) is 10.8. The molecular weight excluding hydrogens is 530 g/mol. The summed E-state index contributed by atoms with van der Waals surface area (Å²) in [5, 5.41) is 4.16. The van der Waals surface area contributed by atoms with Crippen LogP contribution in [0, 0.1) is 6.92 Å². The van der Waals surface area contributed by atoms with Gasteiger partial charge in [0.05, 0.1) is 36.9 Å². The first-order chi connectivity index (χ1) is 20.6. The quantitative estimate of drug-likeness (QED) is 0.279. The molecule has 3 aromatic carbocycles. The van der Waals surface area contributed by atoms with Crippen molar-refractivity contribution in [2.45, 2.75) is 20.0 Å². The number of ether oxygens (including phenoxy) is 2. The van der Waals surface area contributed by atoms with Crippen molar-refractivity contribution in [2.24, 2.45) is 0 Å². The minimum Gasteiger partial charge on any atom is -0.454 e. The molecule has 0 N–H and O–H groups in total. The van der Waals surface area contributed by atoms with E-state index in [1.165, 1.54) is 0 Å². The molecule has 0 atom stereocenters. The molecule has 0 aliphatic carbocycles. The van der Waals surface area contributed by atoms with Gasteiger partial charge in [0.15, 0.2) is 11.5 Å². The highest BCUT2D eigenvalue weighted by atomic mass is 16.7. The van der Waals surface area contributed by atoms with E-state index >= 15 is 0 Å². The Morgan fingerprint density at radius 2 is 1.71 bits per heavy atom. The van der Waals surface area contributed by atoms with Gasteiger partial charge in [0.25, 0.3) is 5.91 Å². The Labute approximate surface area is 244 Å². The van der Waals surface area contributed by atoms with Crippen molar-refractivity contribution in [3.05, 3.63) is 102 Å². The van der Waals surface area contributed by atoms with Gasteiger partial charge in [-0.2, -0.15) is 5.06 Å². The number of carbonyl (C=O) groups is 1. The van der Waals surface area contributed by atoms with Gasteiger partial charge in [-0.1, -0.05) is 48.5 Å². The number of benzene rings is 3. The van der Waals surface area contributed by atoms with Crippen LogP contribution in [0.4, 0.5) is 0 Å². The summed E-state index contributed by atoms with van der Waals surface area (Å²) in [4.78, 5) is 26.0. The lowest BCUT2D eigenvalue weighted by atomic mass is 9.97. The van der Waals surface area contributed by atoms with Crippen LogP contribution in [0.25, 0.3) is 21.9 Å². The average molecular weight is 564 g/mol. The molecule has 0 spiro atoms. The number of nitrogens with zero attached hydrogens (tertiary/aromatic N) is 5. The lowest BCUT2D eigenvalue weighted by Crippen LogP contribution is -2.48. The van der Waals surface area contributed by atoms with Crippen molar-refractivity contribution in [3.63, 3.8) is 0 Å². The van der Waals surface area contributed by atoms with Crippen molar-refractivity contribution in [1.29, 1.82) is 0 Å². The van der Waals surface area contributed by atoms with Gasteiger partial charge >= 0.3 is 0 Å². The Bertz CT molecular complexity index is 1760. The van der Waals surface area contributed by atoms with E-state index in [9.17, 15) is 4.79 Å². The van der Waals surface area contributed by atoms with Crippen LogP contribution >= 0.6 is 0 Å². The number of hydroxylamine groups is 2. The lowest BCUT2D eigenvalue weighted by Gasteiger charge is -2.33. The lowest BCUT2D eigenvalue weighted by molar-refractivity contribution is -0.147. The Morgan fingerprint density at radius 3 is 2.57 bits per heavy atom. The van der Waals surface area contributed by atoms with Gasteiger partial charge in [0.2, 0.25) is 6.79 Å². The van der Waals surface area contributed by atoms with E-state index in [4.69, 9.17) is 14.3 Å². The first-order valence-electron chi connectivity index (χ1n) is 14.2. The van der Waals surface area contributed by atoms with E-state index < -0.39 is 0 Å². The molecule has 9 heteroatoms. The zero-order valence-electron chi connectivity index (χ0n) is 23.8. The number of fused-ring (bicyclic) bond motifs is 2. The third-order valence-electron chi connectivity index (χ3n) is 8.25. The molecule has 0 bridgehead atoms. The summed E-state index contributed by atoms with van der Waals surface area (Å²) < 4.78 is 15.3. The SMILES string of the molecule is CON1CCN(C(=O)c2cn(Cc3c(C)ncn3Cc3ccc4c(c3)OCO4)cc2-c2cccc3ccccc23)CC1. The molecule has 0 unspecified atom stereocenters. The van der Waals surface area contributed by atoms with Gasteiger partial charge < -0.3 is 28.3 Å². The first kappa shape index (κ1) is 26.3. The number of rotatable bonds is 7. The van der Waals surface area contributed by atoms with Crippen LogP contribution in [0.2, 0.25) is 0 Å². The van der Waals surface area contributed by atoms with Crippen molar-refractivity contribution >= 4 is 16.7 Å². The molecule has 2 aromatic heterocycles. The molecule has 2 aliphatic heterocycles. The number of hydrogen-bond acceptors (Lipinski definition) is 6. The van der Waals surface area contributed by atoms with Crippen LogP contribution in [0.15, 0.2) is 79.4 Å². The number of piperazine rings is 1. The zero-order valence-corrected chi connectivity index (χ0v) is 23.8. The molecule has 1 saturated heterocycles. The van der Waals surface area contributed by atoms with Crippen molar-refractivity contribution in [1.82, 2.24) is 24.1 Å². The number of hydrogen-bond donors (Lipinski definition) is 0. The Balaban J connectivity index is 1.24. The smallest absolute Gasteiger partial charge is 0.256 e. The second kappa shape index (κ2) is 11.0. The van der Waals surface area contributed by atoms with E-state index in [2.05, 4.69) is 56.7 Å².